The van der Waals surface area contributed by atoms with E-state index in [1.807, 2.05) is 6.08 Å². The fourth-order valence-electron chi connectivity index (χ4n) is 6.55. The first-order valence-electron chi connectivity index (χ1n) is 20.6. The number of allylic oxidation sites excluding steroid dienone is 1. The van der Waals surface area contributed by atoms with Crippen LogP contribution in [0, 0.1) is 0 Å². The summed E-state index contributed by atoms with van der Waals surface area (Å²) in [7, 11) is -0.582. The van der Waals surface area contributed by atoms with Crippen molar-refractivity contribution in [2.45, 2.75) is 244 Å². The standard InChI is InChI=1S/C41H82O3P/c1-3-4-5-6-7-8-9-10-11-12-13-14-15-16-17-18-19-20-21-22-23-24-25-26-27-28-29-30-31-32-33-34-35-36-37-38-39-40-41-44-45(42)43-2/h40-41H,3-39H2,1-2H3/q+1. The Morgan fingerprint density at radius 1 is 0.378 bits per heavy atom. The lowest BCUT2D eigenvalue weighted by atomic mass is 10.0. The van der Waals surface area contributed by atoms with Crippen LogP contribution < -0.4 is 0 Å². The summed E-state index contributed by atoms with van der Waals surface area (Å²) in [5, 5.41) is 0. The third kappa shape index (κ3) is 41.6. The van der Waals surface area contributed by atoms with E-state index in [1.54, 1.807) is 0 Å². The molecule has 0 saturated carbocycles. The van der Waals surface area contributed by atoms with E-state index in [-0.39, 0.29) is 0 Å². The highest BCUT2D eigenvalue weighted by molar-refractivity contribution is 7.33. The van der Waals surface area contributed by atoms with Gasteiger partial charge in [-0.25, -0.2) is 4.52 Å². The Hall–Kier alpha value is -0.400. The Morgan fingerprint density at radius 2 is 0.600 bits per heavy atom. The first-order chi connectivity index (χ1) is 22.3. The smallest absolute Gasteiger partial charge is 0.238 e. The highest BCUT2D eigenvalue weighted by atomic mass is 31.1. The van der Waals surface area contributed by atoms with Crippen LogP contribution >= 0.6 is 8.25 Å². The van der Waals surface area contributed by atoms with Crippen molar-refractivity contribution in [2.24, 2.45) is 0 Å². The molecule has 0 aromatic carbocycles. The van der Waals surface area contributed by atoms with E-state index in [0.717, 1.165) is 6.42 Å². The average molecular weight is 654 g/mol. The SMILES string of the molecule is CCCCCCCCCCCCCCCCCCCCCCCCCCCCCCCCCCCCCCC=CO[P+](=O)OC. The lowest BCUT2D eigenvalue weighted by Gasteiger charge is -2.05. The molecular weight excluding hydrogens is 571 g/mol. The molecule has 268 valence electrons. The highest BCUT2D eigenvalue weighted by Gasteiger charge is 2.13. The van der Waals surface area contributed by atoms with Crippen molar-refractivity contribution >= 4 is 8.25 Å². The van der Waals surface area contributed by atoms with Crippen molar-refractivity contribution in [3.63, 3.8) is 0 Å². The molecule has 0 heterocycles. The average Bonchev–Trinajstić information content (AvgIpc) is 3.05. The molecule has 1 atom stereocenters. The van der Waals surface area contributed by atoms with Crippen molar-refractivity contribution in [1.29, 1.82) is 0 Å². The molecule has 3 nitrogen and oxygen atoms in total. The molecule has 0 aromatic rings. The largest absolute Gasteiger partial charge is 0.749 e. The summed E-state index contributed by atoms with van der Waals surface area (Å²) in [5.41, 5.74) is 0. The summed E-state index contributed by atoms with van der Waals surface area (Å²) in [4.78, 5) is 0. The Bertz CT molecular complexity index is 579. The van der Waals surface area contributed by atoms with E-state index in [1.165, 1.54) is 245 Å². The van der Waals surface area contributed by atoms with Gasteiger partial charge in [0.15, 0.2) is 0 Å². The lowest BCUT2D eigenvalue weighted by Crippen LogP contribution is -1.85. The van der Waals surface area contributed by atoms with Gasteiger partial charge >= 0.3 is 8.25 Å². The first kappa shape index (κ1) is 44.6. The Labute approximate surface area is 285 Å². The maximum atomic E-state index is 11.0. The third-order valence-corrected chi connectivity index (χ3v) is 10.2. The molecule has 0 amide bonds. The van der Waals surface area contributed by atoms with Gasteiger partial charge in [-0.15, -0.1) is 4.52 Å². The van der Waals surface area contributed by atoms with Crippen molar-refractivity contribution in [3.05, 3.63) is 12.3 Å². The minimum Gasteiger partial charge on any atom is -0.238 e. The monoisotopic (exact) mass is 654 g/mol. The molecule has 45 heavy (non-hydrogen) atoms. The van der Waals surface area contributed by atoms with Gasteiger partial charge in [0.25, 0.3) is 0 Å². The van der Waals surface area contributed by atoms with E-state index in [2.05, 4.69) is 11.4 Å². The van der Waals surface area contributed by atoms with Crippen LogP contribution in [0.3, 0.4) is 0 Å². The molecule has 0 spiro atoms. The van der Waals surface area contributed by atoms with Crippen LogP contribution in [-0.4, -0.2) is 7.11 Å². The first-order valence-corrected chi connectivity index (χ1v) is 21.7. The number of rotatable bonds is 40. The number of unbranched alkanes of at least 4 members (excludes halogenated alkanes) is 36. The molecular formula is C41H82O3P+. The summed E-state index contributed by atoms with van der Waals surface area (Å²) in [6, 6.07) is 0. The third-order valence-electron chi connectivity index (χ3n) is 9.62. The summed E-state index contributed by atoms with van der Waals surface area (Å²) in [6.07, 6.45) is 56.5. The molecule has 0 aliphatic carbocycles. The summed E-state index contributed by atoms with van der Waals surface area (Å²) in [5.74, 6) is 0. The van der Waals surface area contributed by atoms with Crippen LogP contribution in [0.1, 0.15) is 244 Å². The molecule has 0 aliphatic heterocycles. The van der Waals surface area contributed by atoms with E-state index in [4.69, 9.17) is 4.52 Å². The van der Waals surface area contributed by atoms with Crippen molar-refractivity contribution in [1.82, 2.24) is 0 Å². The quantitative estimate of drug-likeness (QED) is 0.0375. The van der Waals surface area contributed by atoms with Gasteiger partial charge in [-0.2, -0.15) is 0 Å². The number of hydrogen-bond donors (Lipinski definition) is 0. The number of hydrogen-bond acceptors (Lipinski definition) is 3. The lowest BCUT2D eigenvalue weighted by molar-refractivity contribution is 0.326. The van der Waals surface area contributed by atoms with Gasteiger partial charge < -0.3 is 0 Å². The van der Waals surface area contributed by atoms with Crippen LogP contribution in [-0.2, 0) is 13.6 Å². The maximum absolute atomic E-state index is 11.0. The van der Waals surface area contributed by atoms with Crippen molar-refractivity contribution in [3.8, 4) is 0 Å². The molecule has 1 unspecified atom stereocenters. The molecule has 0 radical (unpaired) electrons. The molecule has 0 N–H and O–H groups in total. The van der Waals surface area contributed by atoms with Crippen molar-refractivity contribution < 1.29 is 13.6 Å². The molecule has 0 rings (SSSR count). The minimum absolute atomic E-state index is 0.993. The van der Waals surface area contributed by atoms with Crippen LogP contribution in [0.5, 0.6) is 0 Å². The van der Waals surface area contributed by atoms with E-state index >= 15 is 0 Å². The minimum atomic E-state index is -1.97. The zero-order chi connectivity index (χ0) is 32.6. The van der Waals surface area contributed by atoms with Gasteiger partial charge in [0.05, 0.1) is 7.11 Å². The second-order valence-electron chi connectivity index (χ2n) is 14.0. The Morgan fingerprint density at radius 3 is 0.822 bits per heavy atom. The second kappa shape index (κ2) is 41.6. The molecule has 4 heteroatoms. The summed E-state index contributed by atoms with van der Waals surface area (Å²) < 4.78 is 20.4. The highest BCUT2D eigenvalue weighted by Crippen LogP contribution is 2.22. The van der Waals surface area contributed by atoms with Crippen LogP contribution in [0.4, 0.5) is 0 Å². The molecule has 0 fully saturated rings. The van der Waals surface area contributed by atoms with Crippen LogP contribution in [0.25, 0.3) is 0 Å². The predicted molar refractivity (Wildman–Crippen MR) is 201 cm³/mol. The molecule has 0 saturated heterocycles. The summed E-state index contributed by atoms with van der Waals surface area (Å²) in [6.45, 7) is 2.31. The van der Waals surface area contributed by atoms with Gasteiger partial charge in [0, 0.05) is 4.57 Å². The molecule has 0 bridgehead atoms. The van der Waals surface area contributed by atoms with E-state index < -0.39 is 8.25 Å². The van der Waals surface area contributed by atoms with E-state index in [0.29, 0.717) is 0 Å². The Balaban J connectivity index is 3.07. The topological polar surface area (TPSA) is 35.5 Å². The fraction of sp³-hybridized carbons (Fsp3) is 0.951. The zero-order valence-electron chi connectivity index (χ0n) is 31.0. The normalized spacial score (nSPS) is 12.0. The maximum Gasteiger partial charge on any atom is 0.749 e. The zero-order valence-corrected chi connectivity index (χ0v) is 31.9. The summed E-state index contributed by atoms with van der Waals surface area (Å²) >= 11 is 0. The Kier molecular flexibility index (Phi) is 41.3. The van der Waals surface area contributed by atoms with E-state index in [9.17, 15) is 4.57 Å². The second-order valence-corrected chi connectivity index (χ2v) is 15.1. The van der Waals surface area contributed by atoms with Gasteiger partial charge in [0.1, 0.15) is 6.26 Å². The van der Waals surface area contributed by atoms with Gasteiger partial charge in [-0.1, -0.05) is 232 Å². The predicted octanol–water partition coefficient (Wildman–Crippen LogP) is 16.3. The molecule has 0 aromatic heterocycles. The van der Waals surface area contributed by atoms with Gasteiger partial charge in [0.2, 0.25) is 0 Å². The molecule has 0 aliphatic rings. The van der Waals surface area contributed by atoms with Crippen molar-refractivity contribution in [2.75, 3.05) is 7.11 Å². The van der Waals surface area contributed by atoms with Gasteiger partial charge in [-0.3, -0.25) is 0 Å². The fourth-order valence-corrected chi connectivity index (χ4v) is 6.82. The van der Waals surface area contributed by atoms with Crippen LogP contribution in [0.2, 0.25) is 0 Å². The van der Waals surface area contributed by atoms with Crippen LogP contribution in [0.15, 0.2) is 12.3 Å². The van der Waals surface area contributed by atoms with Gasteiger partial charge in [-0.05, 0) is 18.9 Å².